The zero-order valence-electron chi connectivity index (χ0n) is 10.4. The van der Waals surface area contributed by atoms with E-state index in [1.165, 1.54) is 0 Å². The van der Waals surface area contributed by atoms with Crippen LogP contribution in [0, 0.1) is 5.92 Å². The molecule has 1 unspecified atom stereocenters. The summed E-state index contributed by atoms with van der Waals surface area (Å²) in [6.07, 6.45) is 4.12. The van der Waals surface area contributed by atoms with Gasteiger partial charge in [0.1, 0.15) is 0 Å². The number of hydrogen-bond acceptors (Lipinski definition) is 3. The highest BCUT2D eigenvalue weighted by Gasteiger charge is 2.31. The lowest BCUT2D eigenvalue weighted by Crippen LogP contribution is -2.50. The molecule has 0 heterocycles. The van der Waals surface area contributed by atoms with Crippen LogP contribution in [0.4, 0.5) is 0 Å². The molecule has 4 heteroatoms. The van der Waals surface area contributed by atoms with Gasteiger partial charge in [0.15, 0.2) is 0 Å². The van der Waals surface area contributed by atoms with Gasteiger partial charge in [0.05, 0.1) is 12.0 Å². The Kier molecular flexibility index (Phi) is 5.77. The summed E-state index contributed by atoms with van der Waals surface area (Å²) in [5.41, 5.74) is 5.58. The first kappa shape index (κ1) is 13.5. The fourth-order valence-electron chi connectivity index (χ4n) is 2.08. The Bertz CT molecular complexity index is 215. The average Bonchev–Trinajstić information content (AvgIpc) is 2.22. The van der Waals surface area contributed by atoms with E-state index in [-0.39, 0.29) is 11.8 Å². The lowest BCUT2D eigenvalue weighted by atomic mass is 9.88. The first-order chi connectivity index (χ1) is 7.71. The topological polar surface area (TPSA) is 64.4 Å². The van der Waals surface area contributed by atoms with Crippen LogP contribution >= 0.6 is 0 Å². The van der Waals surface area contributed by atoms with Gasteiger partial charge >= 0.3 is 0 Å². The molecule has 4 nitrogen and oxygen atoms in total. The molecule has 0 spiro atoms. The molecule has 1 rings (SSSR count). The molecule has 1 aliphatic carbocycles. The lowest BCUT2D eigenvalue weighted by Gasteiger charge is -2.36. The van der Waals surface area contributed by atoms with Gasteiger partial charge < -0.3 is 15.8 Å². The van der Waals surface area contributed by atoms with E-state index in [0.29, 0.717) is 18.7 Å². The number of amides is 1. The van der Waals surface area contributed by atoms with Gasteiger partial charge in [-0.1, -0.05) is 13.3 Å². The molecule has 0 bridgehead atoms. The first-order valence-electron chi connectivity index (χ1n) is 6.33. The van der Waals surface area contributed by atoms with Gasteiger partial charge in [-0.25, -0.2) is 0 Å². The van der Waals surface area contributed by atoms with Crippen molar-refractivity contribution < 1.29 is 9.53 Å². The fraction of sp³-hybridized carbons (Fsp3) is 0.917. The number of ether oxygens (including phenoxy) is 1. The minimum Gasteiger partial charge on any atom is -0.378 e. The van der Waals surface area contributed by atoms with Gasteiger partial charge in [0.25, 0.3) is 0 Å². The minimum atomic E-state index is -0.0175. The maximum atomic E-state index is 11.8. The number of nitrogens with one attached hydrogen (secondary N) is 1. The predicted octanol–water partition coefficient (Wildman–Crippen LogP) is 1.05. The van der Waals surface area contributed by atoms with Crippen LogP contribution in [0.3, 0.4) is 0 Å². The average molecular weight is 228 g/mol. The molecule has 0 saturated heterocycles. The second-order valence-corrected chi connectivity index (χ2v) is 4.48. The highest BCUT2D eigenvalue weighted by atomic mass is 16.5. The van der Waals surface area contributed by atoms with Gasteiger partial charge in [0.2, 0.25) is 5.91 Å². The Balaban J connectivity index is 2.20. The molecule has 0 aromatic carbocycles. The maximum Gasteiger partial charge on any atom is 0.224 e. The molecule has 1 fully saturated rings. The van der Waals surface area contributed by atoms with Crippen LogP contribution in [0.15, 0.2) is 0 Å². The van der Waals surface area contributed by atoms with E-state index in [1.807, 2.05) is 6.92 Å². The van der Waals surface area contributed by atoms with Crippen molar-refractivity contribution in [2.24, 2.45) is 11.7 Å². The Labute approximate surface area is 97.9 Å². The number of carbonyl (C=O) groups is 1. The van der Waals surface area contributed by atoms with E-state index in [0.717, 1.165) is 32.3 Å². The van der Waals surface area contributed by atoms with E-state index in [4.69, 9.17) is 10.5 Å². The quantitative estimate of drug-likeness (QED) is 0.684. The monoisotopic (exact) mass is 228 g/mol. The SMILES string of the molecule is CCCC(CN)C(=O)NC1CC(OCC)C1. The summed E-state index contributed by atoms with van der Waals surface area (Å²) < 4.78 is 5.45. The van der Waals surface area contributed by atoms with Crippen LogP contribution in [-0.4, -0.2) is 31.2 Å². The minimum absolute atomic E-state index is 0.0175. The van der Waals surface area contributed by atoms with Gasteiger partial charge in [-0.15, -0.1) is 0 Å². The molecule has 3 N–H and O–H groups in total. The maximum absolute atomic E-state index is 11.8. The van der Waals surface area contributed by atoms with Crippen molar-refractivity contribution in [2.45, 2.75) is 51.7 Å². The molecule has 16 heavy (non-hydrogen) atoms. The van der Waals surface area contributed by atoms with Gasteiger partial charge in [-0.3, -0.25) is 4.79 Å². The summed E-state index contributed by atoms with van der Waals surface area (Å²) in [6.45, 7) is 5.27. The molecule has 1 amide bonds. The van der Waals surface area contributed by atoms with Crippen molar-refractivity contribution in [1.29, 1.82) is 0 Å². The largest absolute Gasteiger partial charge is 0.378 e. The summed E-state index contributed by atoms with van der Waals surface area (Å²) >= 11 is 0. The molecular formula is C12H24N2O2. The Morgan fingerprint density at radius 1 is 1.50 bits per heavy atom. The van der Waals surface area contributed by atoms with Crippen molar-refractivity contribution in [3.8, 4) is 0 Å². The molecule has 0 radical (unpaired) electrons. The number of rotatable bonds is 7. The van der Waals surface area contributed by atoms with Crippen LogP contribution in [0.1, 0.15) is 39.5 Å². The fourth-order valence-corrected chi connectivity index (χ4v) is 2.08. The number of carbonyl (C=O) groups excluding carboxylic acids is 1. The standard InChI is InChI=1S/C12H24N2O2/c1-3-5-9(8-13)12(15)14-10-6-11(7-10)16-4-2/h9-11H,3-8,13H2,1-2H3,(H,14,15). The summed E-state index contributed by atoms with van der Waals surface area (Å²) in [5, 5.41) is 3.04. The molecular weight excluding hydrogens is 204 g/mol. The molecule has 1 saturated carbocycles. The second kappa shape index (κ2) is 6.86. The third-order valence-corrected chi connectivity index (χ3v) is 3.14. The zero-order valence-corrected chi connectivity index (χ0v) is 10.4. The van der Waals surface area contributed by atoms with Crippen LogP contribution in [0.5, 0.6) is 0 Å². The van der Waals surface area contributed by atoms with Crippen molar-refractivity contribution in [3.63, 3.8) is 0 Å². The summed E-state index contributed by atoms with van der Waals surface area (Å²) in [5.74, 6) is 0.0976. The molecule has 94 valence electrons. The van der Waals surface area contributed by atoms with Crippen LogP contribution in [-0.2, 0) is 9.53 Å². The Hall–Kier alpha value is -0.610. The highest BCUT2D eigenvalue weighted by molar-refractivity contribution is 5.79. The van der Waals surface area contributed by atoms with Crippen LogP contribution in [0.2, 0.25) is 0 Å². The highest BCUT2D eigenvalue weighted by Crippen LogP contribution is 2.23. The third kappa shape index (κ3) is 3.76. The summed E-state index contributed by atoms with van der Waals surface area (Å²) in [6, 6.07) is 0.301. The van der Waals surface area contributed by atoms with Crippen molar-refractivity contribution in [3.05, 3.63) is 0 Å². The van der Waals surface area contributed by atoms with Gasteiger partial charge in [0, 0.05) is 19.2 Å². The Morgan fingerprint density at radius 2 is 2.19 bits per heavy atom. The third-order valence-electron chi connectivity index (χ3n) is 3.14. The lowest BCUT2D eigenvalue weighted by molar-refractivity contribution is -0.127. The molecule has 0 aliphatic heterocycles. The van der Waals surface area contributed by atoms with Crippen molar-refractivity contribution in [2.75, 3.05) is 13.2 Å². The van der Waals surface area contributed by atoms with Gasteiger partial charge in [-0.05, 0) is 26.2 Å². The van der Waals surface area contributed by atoms with Crippen molar-refractivity contribution in [1.82, 2.24) is 5.32 Å². The van der Waals surface area contributed by atoms with E-state index >= 15 is 0 Å². The predicted molar refractivity (Wildman–Crippen MR) is 64.0 cm³/mol. The molecule has 0 aromatic rings. The molecule has 0 aromatic heterocycles. The van der Waals surface area contributed by atoms with E-state index < -0.39 is 0 Å². The second-order valence-electron chi connectivity index (χ2n) is 4.48. The summed E-state index contributed by atoms with van der Waals surface area (Å²) in [7, 11) is 0. The molecule has 1 aliphatic rings. The normalized spacial score (nSPS) is 25.9. The number of hydrogen-bond donors (Lipinski definition) is 2. The van der Waals surface area contributed by atoms with E-state index in [1.54, 1.807) is 0 Å². The zero-order chi connectivity index (χ0) is 12.0. The van der Waals surface area contributed by atoms with E-state index in [2.05, 4.69) is 12.2 Å². The van der Waals surface area contributed by atoms with Gasteiger partial charge in [-0.2, -0.15) is 0 Å². The Morgan fingerprint density at radius 3 is 2.69 bits per heavy atom. The first-order valence-corrected chi connectivity index (χ1v) is 6.33. The van der Waals surface area contributed by atoms with E-state index in [9.17, 15) is 4.79 Å². The smallest absolute Gasteiger partial charge is 0.224 e. The van der Waals surface area contributed by atoms with Crippen LogP contribution < -0.4 is 11.1 Å². The van der Waals surface area contributed by atoms with Crippen molar-refractivity contribution >= 4 is 5.91 Å². The summed E-state index contributed by atoms with van der Waals surface area (Å²) in [4.78, 5) is 11.8. The van der Waals surface area contributed by atoms with Crippen LogP contribution in [0.25, 0.3) is 0 Å². The molecule has 1 atom stereocenters. The number of nitrogens with two attached hydrogens (primary N) is 1.